The summed E-state index contributed by atoms with van der Waals surface area (Å²) in [6.07, 6.45) is 1.34. The predicted molar refractivity (Wildman–Crippen MR) is 99.7 cm³/mol. The minimum absolute atomic E-state index is 0.00181. The summed E-state index contributed by atoms with van der Waals surface area (Å²) >= 11 is 0. The SMILES string of the molecule is COc1ccc(CN2C(=O)NC(=O)/C(=C\c3ccc(O)c(OC)c3)C2=O)cc1. The van der Waals surface area contributed by atoms with Crippen molar-refractivity contribution in [1.82, 2.24) is 10.2 Å². The number of aromatic hydroxyl groups is 1. The van der Waals surface area contributed by atoms with E-state index in [9.17, 15) is 19.5 Å². The molecule has 3 rings (SSSR count). The molecule has 0 radical (unpaired) electrons. The van der Waals surface area contributed by atoms with Crippen LogP contribution in [0.25, 0.3) is 6.08 Å². The van der Waals surface area contributed by atoms with E-state index in [1.165, 1.54) is 38.5 Å². The van der Waals surface area contributed by atoms with Crippen molar-refractivity contribution >= 4 is 23.9 Å². The number of amides is 4. The first-order valence-corrected chi connectivity index (χ1v) is 8.31. The Hall–Kier alpha value is -3.81. The van der Waals surface area contributed by atoms with Gasteiger partial charge in [0.25, 0.3) is 11.8 Å². The van der Waals surface area contributed by atoms with Gasteiger partial charge in [0, 0.05) is 0 Å². The fourth-order valence-corrected chi connectivity index (χ4v) is 2.70. The molecule has 0 aliphatic carbocycles. The van der Waals surface area contributed by atoms with E-state index in [4.69, 9.17) is 9.47 Å². The Balaban J connectivity index is 1.88. The maximum atomic E-state index is 12.8. The lowest BCUT2D eigenvalue weighted by Gasteiger charge is -2.26. The average Bonchev–Trinajstić information content (AvgIpc) is 2.70. The van der Waals surface area contributed by atoms with E-state index in [-0.39, 0.29) is 23.6 Å². The molecule has 8 nitrogen and oxygen atoms in total. The number of barbiturate groups is 1. The van der Waals surface area contributed by atoms with Crippen LogP contribution in [0.5, 0.6) is 17.2 Å². The summed E-state index contributed by atoms with van der Waals surface area (Å²) < 4.78 is 10.1. The van der Waals surface area contributed by atoms with E-state index in [0.29, 0.717) is 16.9 Å². The van der Waals surface area contributed by atoms with Crippen molar-refractivity contribution in [3.8, 4) is 17.2 Å². The molecule has 1 saturated heterocycles. The van der Waals surface area contributed by atoms with E-state index in [1.807, 2.05) is 0 Å². The van der Waals surface area contributed by atoms with Crippen LogP contribution in [0.15, 0.2) is 48.0 Å². The number of methoxy groups -OCH3 is 2. The monoisotopic (exact) mass is 382 g/mol. The van der Waals surface area contributed by atoms with Gasteiger partial charge in [0.1, 0.15) is 11.3 Å². The second kappa shape index (κ2) is 7.83. The van der Waals surface area contributed by atoms with Crippen LogP contribution in [0.2, 0.25) is 0 Å². The summed E-state index contributed by atoms with van der Waals surface area (Å²) in [5.74, 6) is -0.718. The van der Waals surface area contributed by atoms with E-state index in [1.54, 1.807) is 24.3 Å². The third kappa shape index (κ3) is 3.80. The summed E-state index contributed by atoms with van der Waals surface area (Å²) in [4.78, 5) is 38.1. The van der Waals surface area contributed by atoms with Crippen LogP contribution in [-0.4, -0.2) is 42.1 Å². The highest BCUT2D eigenvalue weighted by Crippen LogP contribution is 2.28. The predicted octanol–water partition coefficient (Wildman–Crippen LogP) is 2.07. The van der Waals surface area contributed by atoms with Gasteiger partial charge in [-0.1, -0.05) is 18.2 Å². The Labute approximate surface area is 161 Å². The summed E-state index contributed by atoms with van der Waals surface area (Å²) in [7, 11) is 2.93. The van der Waals surface area contributed by atoms with Crippen molar-refractivity contribution in [2.75, 3.05) is 14.2 Å². The number of imide groups is 2. The first-order valence-electron chi connectivity index (χ1n) is 8.31. The molecule has 0 unspecified atom stereocenters. The van der Waals surface area contributed by atoms with Gasteiger partial charge in [-0.05, 0) is 41.5 Å². The van der Waals surface area contributed by atoms with Gasteiger partial charge in [0.2, 0.25) is 0 Å². The maximum absolute atomic E-state index is 12.8. The smallest absolute Gasteiger partial charge is 0.331 e. The highest BCUT2D eigenvalue weighted by atomic mass is 16.5. The Kier molecular flexibility index (Phi) is 5.30. The number of hydrogen-bond acceptors (Lipinski definition) is 6. The maximum Gasteiger partial charge on any atom is 0.331 e. The van der Waals surface area contributed by atoms with Crippen LogP contribution in [-0.2, 0) is 16.1 Å². The minimum Gasteiger partial charge on any atom is -0.504 e. The van der Waals surface area contributed by atoms with Crippen LogP contribution < -0.4 is 14.8 Å². The van der Waals surface area contributed by atoms with E-state index < -0.39 is 17.8 Å². The van der Waals surface area contributed by atoms with Crippen molar-refractivity contribution in [2.24, 2.45) is 0 Å². The highest BCUT2D eigenvalue weighted by Gasteiger charge is 2.35. The molecule has 0 bridgehead atoms. The van der Waals surface area contributed by atoms with Crippen LogP contribution in [0.1, 0.15) is 11.1 Å². The van der Waals surface area contributed by atoms with Crippen LogP contribution in [0, 0.1) is 0 Å². The number of nitrogens with one attached hydrogen (secondary N) is 1. The lowest BCUT2D eigenvalue weighted by Crippen LogP contribution is -2.53. The molecule has 28 heavy (non-hydrogen) atoms. The molecule has 144 valence electrons. The molecule has 2 aromatic rings. The van der Waals surface area contributed by atoms with Crippen LogP contribution in [0.4, 0.5) is 4.79 Å². The molecule has 1 aliphatic rings. The Morgan fingerprint density at radius 2 is 1.75 bits per heavy atom. The minimum atomic E-state index is -0.786. The van der Waals surface area contributed by atoms with Gasteiger partial charge < -0.3 is 14.6 Å². The fourth-order valence-electron chi connectivity index (χ4n) is 2.70. The van der Waals surface area contributed by atoms with Crippen molar-refractivity contribution in [1.29, 1.82) is 0 Å². The molecule has 1 aliphatic heterocycles. The molecular weight excluding hydrogens is 364 g/mol. The third-order valence-corrected chi connectivity index (χ3v) is 4.20. The molecule has 2 N–H and O–H groups in total. The summed E-state index contributed by atoms with van der Waals surface area (Å²) in [6, 6.07) is 10.5. The third-order valence-electron chi connectivity index (χ3n) is 4.20. The lowest BCUT2D eigenvalue weighted by molar-refractivity contribution is -0.130. The Morgan fingerprint density at radius 3 is 2.39 bits per heavy atom. The zero-order valence-corrected chi connectivity index (χ0v) is 15.3. The van der Waals surface area contributed by atoms with Crippen LogP contribution in [0.3, 0.4) is 0 Å². The standard InChI is InChI=1S/C20H18N2O6/c1-27-14-6-3-12(4-7-14)11-22-19(25)15(18(24)21-20(22)26)9-13-5-8-16(23)17(10-13)28-2/h3-10,23H,11H2,1-2H3,(H,21,24,26)/b15-9+. The highest BCUT2D eigenvalue weighted by molar-refractivity contribution is 6.30. The van der Waals surface area contributed by atoms with Gasteiger partial charge in [-0.25, -0.2) is 4.79 Å². The van der Waals surface area contributed by atoms with Crippen molar-refractivity contribution in [3.63, 3.8) is 0 Å². The van der Waals surface area contributed by atoms with Gasteiger partial charge in [0.05, 0.1) is 20.8 Å². The lowest BCUT2D eigenvalue weighted by atomic mass is 10.1. The number of phenols is 1. The van der Waals surface area contributed by atoms with E-state index in [0.717, 1.165) is 4.90 Å². The topological polar surface area (TPSA) is 105 Å². The van der Waals surface area contributed by atoms with E-state index >= 15 is 0 Å². The first-order chi connectivity index (χ1) is 13.4. The molecular formula is C20H18N2O6. The number of benzene rings is 2. The number of carbonyl (C=O) groups is 3. The van der Waals surface area contributed by atoms with Gasteiger partial charge in [-0.3, -0.25) is 19.8 Å². The van der Waals surface area contributed by atoms with Crippen LogP contribution >= 0.6 is 0 Å². The Morgan fingerprint density at radius 1 is 1.04 bits per heavy atom. The van der Waals surface area contributed by atoms with Crippen molar-refractivity contribution in [2.45, 2.75) is 6.54 Å². The van der Waals surface area contributed by atoms with Gasteiger partial charge in [-0.15, -0.1) is 0 Å². The summed E-state index contributed by atoms with van der Waals surface area (Å²) in [5.41, 5.74) is 0.969. The van der Waals surface area contributed by atoms with Gasteiger partial charge >= 0.3 is 6.03 Å². The molecule has 4 amide bonds. The molecule has 0 aromatic heterocycles. The number of rotatable bonds is 5. The van der Waals surface area contributed by atoms with Crippen molar-refractivity contribution in [3.05, 3.63) is 59.2 Å². The molecule has 8 heteroatoms. The number of urea groups is 1. The Bertz CT molecular complexity index is 965. The van der Waals surface area contributed by atoms with Crippen molar-refractivity contribution < 1.29 is 29.0 Å². The first kappa shape index (κ1) is 19.0. The number of carbonyl (C=O) groups excluding carboxylic acids is 3. The second-order valence-electron chi connectivity index (χ2n) is 5.99. The largest absolute Gasteiger partial charge is 0.504 e. The molecule has 0 atom stereocenters. The summed E-state index contributed by atoms with van der Waals surface area (Å²) in [6.45, 7) is -0.00181. The zero-order chi connectivity index (χ0) is 20.3. The number of hydrogen-bond donors (Lipinski definition) is 2. The molecule has 1 heterocycles. The molecule has 1 fully saturated rings. The molecule has 0 saturated carbocycles. The van der Waals surface area contributed by atoms with E-state index in [2.05, 4.69) is 5.32 Å². The second-order valence-corrected chi connectivity index (χ2v) is 5.99. The van der Waals surface area contributed by atoms with Gasteiger partial charge in [-0.2, -0.15) is 0 Å². The number of ether oxygens (including phenoxy) is 2. The average molecular weight is 382 g/mol. The molecule has 0 spiro atoms. The van der Waals surface area contributed by atoms with Gasteiger partial charge in [0.15, 0.2) is 11.5 Å². The normalized spacial score (nSPS) is 15.6. The molecule has 2 aromatic carbocycles. The number of phenolic OH excluding ortho intramolecular Hbond substituents is 1. The number of nitrogens with zero attached hydrogens (tertiary/aromatic N) is 1. The fraction of sp³-hybridized carbons (Fsp3) is 0.150. The summed E-state index contributed by atoms with van der Waals surface area (Å²) in [5, 5.41) is 11.8. The quantitative estimate of drug-likeness (QED) is 0.606. The zero-order valence-electron chi connectivity index (χ0n) is 15.3.